The molecule has 4 aromatic rings. The van der Waals surface area contributed by atoms with Gasteiger partial charge in [0.2, 0.25) is 0 Å². The third kappa shape index (κ3) is 2.17. The van der Waals surface area contributed by atoms with E-state index in [2.05, 4.69) is 0 Å². The molecule has 7 nitrogen and oxygen atoms in total. The van der Waals surface area contributed by atoms with Gasteiger partial charge in [-0.1, -0.05) is 0 Å². The predicted molar refractivity (Wildman–Crippen MR) is 97.7 cm³/mol. The Kier molecular flexibility index (Phi) is 3.62. The molecule has 26 heavy (non-hydrogen) atoms. The van der Waals surface area contributed by atoms with Crippen LogP contribution in [0, 0.1) is 0 Å². The molecule has 0 radical (unpaired) electrons. The number of nitrogens with zero attached hydrogens (tertiary/aromatic N) is 1. The van der Waals surface area contributed by atoms with Gasteiger partial charge in [-0.15, -0.1) is 0 Å². The van der Waals surface area contributed by atoms with Crippen LogP contribution in [-0.2, 0) is 6.54 Å². The van der Waals surface area contributed by atoms with Gasteiger partial charge in [-0.2, -0.15) is 0 Å². The summed E-state index contributed by atoms with van der Waals surface area (Å²) in [5.41, 5.74) is 0.322. The van der Waals surface area contributed by atoms with Crippen LogP contribution in [0.1, 0.15) is 5.56 Å². The van der Waals surface area contributed by atoms with Gasteiger partial charge in [-0.05, 0) is 32.3 Å². The second-order valence-electron chi connectivity index (χ2n) is 6.35. The molecular weight excluding hydrogens is 338 g/mol. The van der Waals surface area contributed by atoms with Gasteiger partial charge in [0, 0.05) is 22.9 Å². The molecule has 2 aromatic heterocycles. The van der Waals surface area contributed by atoms with Crippen LogP contribution in [0.15, 0.2) is 36.6 Å². The fourth-order valence-electron chi connectivity index (χ4n) is 3.44. The van der Waals surface area contributed by atoms with Crippen molar-refractivity contribution >= 4 is 32.7 Å². The summed E-state index contributed by atoms with van der Waals surface area (Å²) in [5.74, 6) is 0.739. The van der Waals surface area contributed by atoms with Crippen molar-refractivity contribution in [3.05, 3.63) is 44.6 Å². The Bertz CT molecular complexity index is 1250. The maximum atomic E-state index is 12.7. The lowest BCUT2D eigenvalue weighted by atomic mass is 9.99. The van der Waals surface area contributed by atoms with Gasteiger partial charge >= 0.3 is 11.3 Å². The van der Waals surface area contributed by atoms with Crippen LogP contribution in [0.3, 0.4) is 0 Å². The topological polar surface area (TPSA) is 82.1 Å². The molecule has 0 fully saturated rings. The minimum Gasteiger partial charge on any atom is -0.496 e. The molecule has 0 amide bonds. The first kappa shape index (κ1) is 16.4. The van der Waals surface area contributed by atoms with E-state index in [1.54, 1.807) is 18.2 Å². The summed E-state index contributed by atoms with van der Waals surface area (Å²) in [7, 11) is 6.77. The zero-order valence-corrected chi connectivity index (χ0v) is 14.8. The highest BCUT2D eigenvalue weighted by molar-refractivity contribution is 6.22. The van der Waals surface area contributed by atoms with E-state index in [9.17, 15) is 9.59 Å². The Morgan fingerprint density at radius 3 is 2.19 bits per heavy atom. The van der Waals surface area contributed by atoms with E-state index >= 15 is 0 Å². The molecular formula is C19H17NO6. The molecule has 0 aliphatic heterocycles. The Labute approximate surface area is 147 Å². The smallest absolute Gasteiger partial charge is 0.348 e. The van der Waals surface area contributed by atoms with Gasteiger partial charge in [0.25, 0.3) is 0 Å². The van der Waals surface area contributed by atoms with E-state index < -0.39 is 11.3 Å². The van der Waals surface area contributed by atoms with Crippen molar-refractivity contribution < 1.29 is 18.3 Å². The largest absolute Gasteiger partial charge is 0.496 e. The highest BCUT2D eigenvalue weighted by Gasteiger charge is 2.24. The number of hydrogen-bond donors (Lipinski definition) is 0. The molecule has 0 bridgehead atoms. The molecule has 0 spiro atoms. The molecule has 4 rings (SSSR count). The molecule has 7 heteroatoms. The zero-order valence-electron chi connectivity index (χ0n) is 14.8. The van der Waals surface area contributed by atoms with Crippen LogP contribution < -0.4 is 20.7 Å². The molecule has 0 aliphatic carbocycles. The van der Waals surface area contributed by atoms with Gasteiger partial charge in [-0.25, -0.2) is 9.59 Å². The second kappa shape index (κ2) is 5.74. The van der Waals surface area contributed by atoms with Gasteiger partial charge in [0.1, 0.15) is 33.4 Å². The van der Waals surface area contributed by atoms with Crippen molar-refractivity contribution in [3.63, 3.8) is 0 Å². The summed E-state index contributed by atoms with van der Waals surface area (Å²) < 4.78 is 21.8. The number of ether oxygens (including phenoxy) is 2. The normalized spacial score (nSPS) is 11.9. The second-order valence-corrected chi connectivity index (χ2v) is 6.35. The van der Waals surface area contributed by atoms with Crippen LogP contribution in [0.5, 0.6) is 11.5 Å². The maximum Gasteiger partial charge on any atom is 0.348 e. The van der Waals surface area contributed by atoms with E-state index in [0.29, 0.717) is 40.0 Å². The number of benzene rings is 2. The third-order valence-electron chi connectivity index (χ3n) is 4.43. The van der Waals surface area contributed by atoms with Crippen molar-refractivity contribution in [2.75, 3.05) is 28.3 Å². The minimum atomic E-state index is -0.545. The average molecular weight is 355 g/mol. The van der Waals surface area contributed by atoms with Gasteiger partial charge in [-0.3, -0.25) is 0 Å². The quantitative estimate of drug-likeness (QED) is 0.411. The lowest BCUT2D eigenvalue weighted by Gasteiger charge is -2.16. The molecule has 0 aliphatic rings. The van der Waals surface area contributed by atoms with Crippen molar-refractivity contribution in [1.29, 1.82) is 0 Å². The van der Waals surface area contributed by atoms with Gasteiger partial charge in [0.05, 0.1) is 14.2 Å². The predicted octanol–water partition coefficient (Wildman–Crippen LogP) is 2.57. The summed E-state index contributed by atoms with van der Waals surface area (Å²) in [4.78, 5) is 27.2. The molecule has 0 atom stereocenters. The number of methoxy groups -OCH3 is 2. The van der Waals surface area contributed by atoms with Crippen molar-refractivity contribution in [2.45, 2.75) is 6.54 Å². The van der Waals surface area contributed by atoms with Gasteiger partial charge in [0.15, 0.2) is 0 Å². The molecule has 2 aromatic carbocycles. The fourth-order valence-corrected chi connectivity index (χ4v) is 3.44. The lowest BCUT2D eigenvalue weighted by Crippen LogP contribution is -2.14. The first-order chi connectivity index (χ1) is 12.5. The van der Waals surface area contributed by atoms with Crippen LogP contribution in [0.4, 0.5) is 0 Å². The molecule has 0 saturated carbocycles. The van der Waals surface area contributed by atoms with Crippen molar-refractivity contribution in [3.8, 4) is 11.5 Å². The summed E-state index contributed by atoms with van der Waals surface area (Å²) in [6, 6.07) is 4.91. The van der Waals surface area contributed by atoms with Crippen molar-refractivity contribution in [1.82, 2.24) is 4.90 Å². The third-order valence-corrected chi connectivity index (χ3v) is 4.43. The number of hydrogen-bond acceptors (Lipinski definition) is 7. The monoisotopic (exact) mass is 355 g/mol. The van der Waals surface area contributed by atoms with Crippen LogP contribution in [0.25, 0.3) is 32.7 Å². The molecule has 0 saturated heterocycles. The highest BCUT2D eigenvalue weighted by Crippen LogP contribution is 2.39. The first-order valence-electron chi connectivity index (χ1n) is 8.00. The van der Waals surface area contributed by atoms with E-state index in [4.69, 9.17) is 18.3 Å². The molecule has 0 N–H and O–H groups in total. The summed E-state index contributed by atoms with van der Waals surface area (Å²) in [6.45, 7) is 0.510. The van der Waals surface area contributed by atoms with E-state index in [0.717, 1.165) is 5.56 Å². The number of rotatable bonds is 4. The van der Waals surface area contributed by atoms with Crippen LogP contribution in [0.2, 0.25) is 0 Å². The van der Waals surface area contributed by atoms with E-state index in [-0.39, 0.29) is 10.8 Å². The zero-order chi connectivity index (χ0) is 18.6. The highest BCUT2D eigenvalue weighted by atomic mass is 16.5. The van der Waals surface area contributed by atoms with E-state index in [1.165, 1.54) is 14.2 Å². The van der Waals surface area contributed by atoms with E-state index in [1.807, 2.05) is 19.0 Å². The first-order valence-corrected chi connectivity index (χ1v) is 8.00. The maximum absolute atomic E-state index is 12.7. The lowest BCUT2D eigenvalue weighted by molar-refractivity contribution is 0.394. The Morgan fingerprint density at radius 1 is 0.885 bits per heavy atom. The molecule has 134 valence electrons. The molecule has 0 unspecified atom stereocenters. The van der Waals surface area contributed by atoms with Crippen LogP contribution >= 0.6 is 0 Å². The average Bonchev–Trinajstić information content (AvgIpc) is 2.61. The summed E-state index contributed by atoms with van der Waals surface area (Å²) in [5, 5.41) is 1.51. The van der Waals surface area contributed by atoms with Crippen LogP contribution in [-0.4, -0.2) is 33.2 Å². The Hall–Kier alpha value is -3.06. The summed E-state index contributed by atoms with van der Waals surface area (Å²) >= 11 is 0. The SMILES string of the molecule is COc1ccc2oc(=O)c3c(OC)cc(CN(C)C)c4oc(=O)c1c2c43. The Morgan fingerprint density at radius 2 is 1.54 bits per heavy atom. The van der Waals surface area contributed by atoms with Gasteiger partial charge < -0.3 is 23.2 Å². The summed E-state index contributed by atoms with van der Waals surface area (Å²) in [6.07, 6.45) is 0. The van der Waals surface area contributed by atoms with Crippen molar-refractivity contribution in [2.24, 2.45) is 0 Å². The standard InChI is InChI=1S/C19H17NO6/c1-20(2)8-9-7-12(24-4)15-16-13-11(25-18(15)21)6-5-10(23-3)14(13)19(22)26-17(9)16/h5-7H,8H2,1-4H3. The Balaban J connectivity index is 2.36. The fraction of sp³-hybridized carbons (Fsp3) is 0.263. The minimum absolute atomic E-state index is 0.246. The molecule has 2 heterocycles.